The molecule has 3 heteroatoms. The number of rotatable bonds is 6. The quantitative estimate of drug-likeness (QED) is 0.786. The molecule has 0 aliphatic carbocycles. The van der Waals surface area contributed by atoms with E-state index >= 15 is 0 Å². The van der Waals surface area contributed by atoms with Crippen LogP contribution in [0.3, 0.4) is 0 Å². The summed E-state index contributed by atoms with van der Waals surface area (Å²) in [6.45, 7) is 6.24. The van der Waals surface area contributed by atoms with Gasteiger partial charge in [-0.15, -0.1) is 11.8 Å². The van der Waals surface area contributed by atoms with Crippen molar-refractivity contribution in [2.45, 2.75) is 38.1 Å². The average Bonchev–Trinajstić information content (AvgIpc) is 2.51. The van der Waals surface area contributed by atoms with Gasteiger partial charge in [0, 0.05) is 17.1 Å². The van der Waals surface area contributed by atoms with Gasteiger partial charge < -0.3 is 5.32 Å². The molecule has 0 spiro atoms. The predicted molar refractivity (Wildman–Crippen MR) is 94.3 cm³/mol. The Morgan fingerprint density at radius 2 is 1.82 bits per heavy atom. The van der Waals surface area contributed by atoms with E-state index in [1.807, 2.05) is 25.1 Å². The first-order valence-corrected chi connectivity index (χ1v) is 8.59. The summed E-state index contributed by atoms with van der Waals surface area (Å²) in [4.78, 5) is 13.3. The van der Waals surface area contributed by atoms with Crippen molar-refractivity contribution in [3.8, 4) is 0 Å². The number of benzene rings is 2. The third-order valence-electron chi connectivity index (χ3n) is 3.75. The van der Waals surface area contributed by atoms with Crippen molar-refractivity contribution in [2.75, 3.05) is 5.75 Å². The predicted octanol–water partition coefficient (Wildman–Crippen LogP) is 4.66. The van der Waals surface area contributed by atoms with E-state index < -0.39 is 0 Å². The Morgan fingerprint density at radius 1 is 1.09 bits per heavy atom. The molecule has 0 unspecified atom stereocenters. The summed E-state index contributed by atoms with van der Waals surface area (Å²) in [5, 5.41) is 3.08. The highest BCUT2D eigenvalue weighted by Gasteiger charge is 2.10. The number of thioether (sulfide) groups is 1. The van der Waals surface area contributed by atoms with Gasteiger partial charge in [0.1, 0.15) is 0 Å². The van der Waals surface area contributed by atoms with E-state index in [9.17, 15) is 4.79 Å². The molecular weight excluding hydrogens is 290 g/mol. The molecule has 0 aliphatic heterocycles. The monoisotopic (exact) mass is 313 g/mol. The molecule has 1 atom stereocenters. The highest BCUT2D eigenvalue weighted by molar-refractivity contribution is 7.99. The normalized spacial score (nSPS) is 12.0. The summed E-state index contributed by atoms with van der Waals surface area (Å²) in [6.07, 6.45) is 0.536. The summed E-state index contributed by atoms with van der Waals surface area (Å²) in [5.41, 5.74) is 3.70. The van der Waals surface area contributed by atoms with Crippen LogP contribution in [0, 0.1) is 13.8 Å². The first-order valence-electron chi connectivity index (χ1n) is 7.60. The second kappa shape index (κ2) is 8.04. The van der Waals surface area contributed by atoms with Crippen LogP contribution < -0.4 is 5.32 Å². The second-order valence-corrected chi connectivity index (χ2v) is 6.71. The van der Waals surface area contributed by atoms with Crippen LogP contribution in [-0.2, 0) is 4.79 Å². The molecule has 22 heavy (non-hydrogen) atoms. The number of aryl methyl sites for hydroxylation is 2. The van der Waals surface area contributed by atoms with Gasteiger partial charge in [0.15, 0.2) is 0 Å². The molecule has 1 amide bonds. The molecule has 116 valence electrons. The summed E-state index contributed by atoms with van der Waals surface area (Å²) < 4.78 is 0. The molecule has 0 fully saturated rings. The maximum atomic E-state index is 12.0. The van der Waals surface area contributed by atoms with Crippen LogP contribution in [0.4, 0.5) is 0 Å². The molecule has 0 aromatic heterocycles. The van der Waals surface area contributed by atoms with Gasteiger partial charge in [-0.1, -0.05) is 36.4 Å². The van der Waals surface area contributed by atoms with Gasteiger partial charge in [-0.3, -0.25) is 4.79 Å². The van der Waals surface area contributed by atoms with E-state index in [0.717, 1.165) is 11.3 Å². The molecule has 0 bridgehead atoms. The van der Waals surface area contributed by atoms with E-state index in [1.165, 1.54) is 16.0 Å². The summed E-state index contributed by atoms with van der Waals surface area (Å²) in [6, 6.07) is 16.6. The molecule has 0 heterocycles. The Morgan fingerprint density at radius 3 is 2.50 bits per heavy atom. The van der Waals surface area contributed by atoms with Gasteiger partial charge in [0.25, 0.3) is 0 Å². The molecule has 1 N–H and O–H groups in total. The van der Waals surface area contributed by atoms with Crippen LogP contribution in [0.1, 0.15) is 36.1 Å². The molecule has 2 aromatic carbocycles. The standard InChI is InChI=1S/C19H23NOS/c1-14-9-10-17(13-15(14)2)16(3)20-19(21)11-12-22-18-7-5-4-6-8-18/h4-10,13,16H,11-12H2,1-3H3,(H,20,21)/t16-/m1/s1. The van der Waals surface area contributed by atoms with Gasteiger partial charge in [-0.25, -0.2) is 0 Å². The molecule has 2 rings (SSSR count). The van der Waals surface area contributed by atoms with Crippen molar-refractivity contribution in [3.63, 3.8) is 0 Å². The maximum absolute atomic E-state index is 12.0. The van der Waals surface area contributed by atoms with Crippen LogP contribution >= 0.6 is 11.8 Å². The molecule has 0 saturated heterocycles. The van der Waals surface area contributed by atoms with Crippen molar-refractivity contribution in [1.82, 2.24) is 5.32 Å². The van der Waals surface area contributed by atoms with Gasteiger partial charge in [0.05, 0.1) is 6.04 Å². The van der Waals surface area contributed by atoms with Crippen LogP contribution in [-0.4, -0.2) is 11.7 Å². The fourth-order valence-electron chi connectivity index (χ4n) is 2.21. The zero-order chi connectivity index (χ0) is 15.9. The number of hydrogen-bond donors (Lipinski definition) is 1. The average molecular weight is 313 g/mol. The van der Waals surface area contributed by atoms with Gasteiger partial charge >= 0.3 is 0 Å². The van der Waals surface area contributed by atoms with Crippen molar-refractivity contribution >= 4 is 17.7 Å². The van der Waals surface area contributed by atoms with E-state index in [0.29, 0.717) is 6.42 Å². The Balaban J connectivity index is 1.80. The Kier molecular flexibility index (Phi) is 6.08. The number of carbonyl (C=O) groups is 1. The minimum atomic E-state index is 0.0496. The van der Waals surface area contributed by atoms with E-state index in [4.69, 9.17) is 0 Å². The molecule has 0 saturated carbocycles. The first kappa shape index (κ1) is 16.6. The molecule has 0 radical (unpaired) electrons. The molecular formula is C19H23NOS. The van der Waals surface area contributed by atoms with Crippen molar-refractivity contribution in [1.29, 1.82) is 0 Å². The third kappa shape index (κ3) is 4.92. The number of hydrogen-bond acceptors (Lipinski definition) is 2. The van der Waals surface area contributed by atoms with Crippen LogP contribution in [0.2, 0.25) is 0 Å². The van der Waals surface area contributed by atoms with Crippen LogP contribution in [0.15, 0.2) is 53.4 Å². The zero-order valence-electron chi connectivity index (χ0n) is 13.4. The smallest absolute Gasteiger partial charge is 0.221 e. The highest BCUT2D eigenvalue weighted by atomic mass is 32.2. The van der Waals surface area contributed by atoms with E-state index in [2.05, 4.69) is 49.5 Å². The van der Waals surface area contributed by atoms with Crippen molar-refractivity contribution in [3.05, 3.63) is 65.2 Å². The van der Waals surface area contributed by atoms with Crippen molar-refractivity contribution in [2.24, 2.45) is 0 Å². The summed E-state index contributed by atoms with van der Waals surface area (Å²) in [5.74, 6) is 0.907. The SMILES string of the molecule is Cc1ccc([C@@H](C)NC(=O)CCSc2ccccc2)cc1C. The number of amides is 1. The summed E-state index contributed by atoms with van der Waals surface area (Å²) in [7, 11) is 0. The fourth-order valence-corrected chi connectivity index (χ4v) is 3.08. The van der Waals surface area contributed by atoms with Crippen LogP contribution in [0.25, 0.3) is 0 Å². The molecule has 2 aromatic rings. The largest absolute Gasteiger partial charge is 0.350 e. The lowest BCUT2D eigenvalue weighted by Crippen LogP contribution is -2.26. The van der Waals surface area contributed by atoms with Crippen LogP contribution in [0.5, 0.6) is 0 Å². The maximum Gasteiger partial charge on any atom is 0.221 e. The highest BCUT2D eigenvalue weighted by Crippen LogP contribution is 2.19. The number of carbonyl (C=O) groups excluding carboxylic acids is 1. The lowest BCUT2D eigenvalue weighted by Gasteiger charge is -2.15. The molecule has 0 aliphatic rings. The second-order valence-electron chi connectivity index (χ2n) is 5.54. The summed E-state index contributed by atoms with van der Waals surface area (Å²) >= 11 is 1.72. The minimum Gasteiger partial charge on any atom is -0.350 e. The zero-order valence-corrected chi connectivity index (χ0v) is 14.2. The van der Waals surface area contributed by atoms with Gasteiger partial charge in [-0.05, 0) is 49.6 Å². The lowest BCUT2D eigenvalue weighted by atomic mass is 10.0. The topological polar surface area (TPSA) is 29.1 Å². The van der Waals surface area contributed by atoms with Crippen molar-refractivity contribution < 1.29 is 4.79 Å². The van der Waals surface area contributed by atoms with E-state index in [1.54, 1.807) is 11.8 Å². The molecule has 2 nitrogen and oxygen atoms in total. The van der Waals surface area contributed by atoms with Gasteiger partial charge in [0.2, 0.25) is 5.91 Å². The third-order valence-corrected chi connectivity index (χ3v) is 4.76. The Hall–Kier alpha value is -1.74. The fraction of sp³-hybridized carbons (Fsp3) is 0.316. The first-order chi connectivity index (χ1) is 10.6. The number of nitrogens with one attached hydrogen (secondary N) is 1. The lowest BCUT2D eigenvalue weighted by molar-refractivity contribution is -0.121. The minimum absolute atomic E-state index is 0.0496. The van der Waals surface area contributed by atoms with Gasteiger partial charge in [-0.2, -0.15) is 0 Å². The Bertz CT molecular complexity index is 625. The van der Waals surface area contributed by atoms with E-state index in [-0.39, 0.29) is 11.9 Å². The Labute approximate surface area is 137 Å².